The molecular formula is C16H23BrO. The predicted octanol–water partition coefficient (Wildman–Crippen LogP) is 5.41. The number of aryl methyl sites for hydroxylation is 1. The molecule has 1 fully saturated rings. The van der Waals surface area contributed by atoms with Crippen molar-refractivity contribution in [1.29, 1.82) is 0 Å². The molecule has 2 rings (SSSR count). The largest absolute Gasteiger partial charge is 0.496 e. The van der Waals surface area contributed by atoms with E-state index in [-0.39, 0.29) is 0 Å². The van der Waals surface area contributed by atoms with Gasteiger partial charge in [0, 0.05) is 4.83 Å². The van der Waals surface area contributed by atoms with Gasteiger partial charge in [-0.1, -0.05) is 47.8 Å². The third kappa shape index (κ3) is 2.45. The minimum Gasteiger partial charge on any atom is -0.496 e. The second kappa shape index (κ2) is 5.64. The van der Waals surface area contributed by atoms with Crippen molar-refractivity contribution in [3.63, 3.8) is 0 Å². The van der Waals surface area contributed by atoms with E-state index < -0.39 is 0 Å². The molecule has 1 aliphatic carbocycles. The number of benzene rings is 1. The fraction of sp³-hybridized carbons (Fsp3) is 0.625. The van der Waals surface area contributed by atoms with Gasteiger partial charge < -0.3 is 4.74 Å². The van der Waals surface area contributed by atoms with Crippen LogP contribution < -0.4 is 4.74 Å². The van der Waals surface area contributed by atoms with E-state index in [0.29, 0.717) is 10.2 Å². The van der Waals surface area contributed by atoms with Gasteiger partial charge in [-0.2, -0.15) is 0 Å². The highest BCUT2D eigenvalue weighted by Crippen LogP contribution is 2.54. The van der Waals surface area contributed by atoms with Crippen molar-refractivity contribution in [2.24, 2.45) is 5.41 Å². The Labute approximate surface area is 119 Å². The molecule has 0 heterocycles. The molecule has 0 aliphatic heterocycles. The fourth-order valence-electron chi connectivity index (χ4n) is 3.28. The van der Waals surface area contributed by atoms with Crippen LogP contribution in [0.2, 0.25) is 0 Å². The molecule has 0 saturated heterocycles. The van der Waals surface area contributed by atoms with Gasteiger partial charge in [0.15, 0.2) is 0 Å². The zero-order valence-electron chi connectivity index (χ0n) is 11.6. The van der Waals surface area contributed by atoms with E-state index in [4.69, 9.17) is 4.74 Å². The summed E-state index contributed by atoms with van der Waals surface area (Å²) in [4.78, 5) is 0.474. The minimum atomic E-state index is 0.459. The highest BCUT2D eigenvalue weighted by atomic mass is 79.9. The van der Waals surface area contributed by atoms with Gasteiger partial charge in [0.1, 0.15) is 5.75 Å². The number of rotatable bonds is 4. The van der Waals surface area contributed by atoms with Crippen molar-refractivity contribution in [1.82, 2.24) is 0 Å². The van der Waals surface area contributed by atoms with E-state index in [9.17, 15) is 0 Å². The molecule has 100 valence electrons. The monoisotopic (exact) mass is 310 g/mol. The summed E-state index contributed by atoms with van der Waals surface area (Å²) >= 11 is 3.97. The molecule has 1 atom stereocenters. The second-order valence-corrected chi connectivity index (χ2v) is 6.43. The first-order valence-electron chi connectivity index (χ1n) is 6.91. The van der Waals surface area contributed by atoms with Gasteiger partial charge in [0.25, 0.3) is 0 Å². The van der Waals surface area contributed by atoms with Gasteiger partial charge in [0.2, 0.25) is 0 Å². The topological polar surface area (TPSA) is 9.23 Å². The van der Waals surface area contributed by atoms with E-state index >= 15 is 0 Å². The number of ether oxygens (including phenoxy) is 1. The molecule has 0 spiro atoms. The predicted molar refractivity (Wildman–Crippen MR) is 80.6 cm³/mol. The first-order chi connectivity index (χ1) is 8.63. The van der Waals surface area contributed by atoms with E-state index in [1.165, 1.54) is 43.2 Å². The number of halogens is 1. The van der Waals surface area contributed by atoms with Gasteiger partial charge >= 0.3 is 0 Å². The smallest absolute Gasteiger partial charge is 0.121 e. The Bertz CT molecular complexity index is 408. The molecule has 1 nitrogen and oxygen atoms in total. The SMILES string of the molecule is CCC1(C(Br)c2ccc(OC)c(C)c2)CCCC1. The van der Waals surface area contributed by atoms with Gasteiger partial charge in [-0.3, -0.25) is 0 Å². The van der Waals surface area contributed by atoms with Crippen LogP contribution in [0.3, 0.4) is 0 Å². The van der Waals surface area contributed by atoms with E-state index in [2.05, 4.69) is 48.0 Å². The van der Waals surface area contributed by atoms with Crippen molar-refractivity contribution in [2.75, 3.05) is 7.11 Å². The molecule has 1 saturated carbocycles. The van der Waals surface area contributed by atoms with Crippen molar-refractivity contribution < 1.29 is 4.74 Å². The van der Waals surface area contributed by atoms with Crippen LogP contribution in [0.25, 0.3) is 0 Å². The maximum atomic E-state index is 5.34. The number of alkyl halides is 1. The Balaban J connectivity index is 2.27. The molecule has 1 aliphatic rings. The summed E-state index contributed by atoms with van der Waals surface area (Å²) in [6.45, 7) is 4.45. The van der Waals surface area contributed by atoms with Crippen molar-refractivity contribution >= 4 is 15.9 Å². The highest BCUT2D eigenvalue weighted by Gasteiger charge is 2.39. The maximum Gasteiger partial charge on any atom is 0.121 e. The summed E-state index contributed by atoms with van der Waals surface area (Å²) in [5.41, 5.74) is 3.09. The Morgan fingerprint density at radius 1 is 1.33 bits per heavy atom. The summed E-state index contributed by atoms with van der Waals surface area (Å²) in [6.07, 6.45) is 6.72. The van der Waals surface area contributed by atoms with Crippen LogP contribution in [0.4, 0.5) is 0 Å². The molecule has 1 aromatic rings. The van der Waals surface area contributed by atoms with Crippen LogP contribution in [0, 0.1) is 12.3 Å². The lowest BCUT2D eigenvalue weighted by Gasteiger charge is -2.33. The van der Waals surface area contributed by atoms with Gasteiger partial charge in [-0.25, -0.2) is 0 Å². The molecule has 0 amide bonds. The van der Waals surface area contributed by atoms with E-state index in [1.54, 1.807) is 7.11 Å². The highest BCUT2D eigenvalue weighted by molar-refractivity contribution is 9.09. The molecule has 0 bridgehead atoms. The summed E-state index contributed by atoms with van der Waals surface area (Å²) in [7, 11) is 1.73. The number of hydrogen-bond acceptors (Lipinski definition) is 1. The summed E-state index contributed by atoms with van der Waals surface area (Å²) in [5.74, 6) is 0.982. The van der Waals surface area contributed by atoms with Crippen molar-refractivity contribution in [2.45, 2.75) is 50.8 Å². The van der Waals surface area contributed by atoms with Gasteiger partial charge in [-0.15, -0.1) is 0 Å². The normalized spacial score (nSPS) is 19.8. The van der Waals surface area contributed by atoms with Crippen molar-refractivity contribution in [3.8, 4) is 5.75 Å². The van der Waals surface area contributed by atoms with Crippen LogP contribution >= 0.6 is 15.9 Å². The van der Waals surface area contributed by atoms with Crippen LogP contribution in [0.1, 0.15) is 55.0 Å². The molecule has 18 heavy (non-hydrogen) atoms. The van der Waals surface area contributed by atoms with E-state index in [0.717, 1.165) is 5.75 Å². The van der Waals surface area contributed by atoms with Crippen LogP contribution in [0.15, 0.2) is 18.2 Å². The quantitative estimate of drug-likeness (QED) is 0.676. The van der Waals surface area contributed by atoms with E-state index in [1.807, 2.05) is 0 Å². The second-order valence-electron chi connectivity index (χ2n) is 5.51. The average molecular weight is 311 g/mol. The third-order valence-corrected chi connectivity index (χ3v) is 6.05. The zero-order valence-corrected chi connectivity index (χ0v) is 13.2. The standard InChI is InChI=1S/C16H23BrO/c1-4-16(9-5-6-10-16)15(17)13-7-8-14(18-3)12(2)11-13/h7-8,11,15H,4-6,9-10H2,1-3H3. The Morgan fingerprint density at radius 2 is 2.00 bits per heavy atom. The van der Waals surface area contributed by atoms with Crippen LogP contribution in [-0.2, 0) is 0 Å². The van der Waals surface area contributed by atoms with Gasteiger partial charge in [-0.05, 0) is 48.8 Å². The third-order valence-electron chi connectivity index (χ3n) is 4.55. The zero-order chi connectivity index (χ0) is 13.2. The summed E-state index contributed by atoms with van der Waals surface area (Å²) in [6, 6.07) is 6.58. The van der Waals surface area contributed by atoms with Crippen LogP contribution in [0.5, 0.6) is 5.75 Å². The minimum absolute atomic E-state index is 0.459. The lowest BCUT2D eigenvalue weighted by molar-refractivity contribution is 0.279. The molecule has 1 unspecified atom stereocenters. The molecule has 1 aromatic carbocycles. The Morgan fingerprint density at radius 3 is 2.50 bits per heavy atom. The van der Waals surface area contributed by atoms with Crippen molar-refractivity contribution in [3.05, 3.63) is 29.3 Å². The van der Waals surface area contributed by atoms with Crippen LogP contribution in [-0.4, -0.2) is 7.11 Å². The Kier molecular flexibility index (Phi) is 4.37. The average Bonchev–Trinajstić information content (AvgIpc) is 2.87. The molecular weight excluding hydrogens is 288 g/mol. The van der Waals surface area contributed by atoms with Gasteiger partial charge in [0.05, 0.1) is 7.11 Å². The first kappa shape index (κ1) is 13.9. The lowest BCUT2D eigenvalue weighted by Crippen LogP contribution is -2.21. The maximum absolute atomic E-state index is 5.34. The summed E-state index contributed by atoms with van der Waals surface area (Å²) < 4.78 is 5.34. The molecule has 0 aromatic heterocycles. The molecule has 2 heteroatoms. The fourth-order valence-corrected chi connectivity index (χ4v) is 4.34. The molecule has 0 N–H and O–H groups in total. The summed E-state index contributed by atoms with van der Waals surface area (Å²) in [5, 5.41) is 0. The number of hydrogen-bond donors (Lipinski definition) is 0. The molecule has 0 radical (unpaired) electrons. The lowest BCUT2D eigenvalue weighted by atomic mass is 9.77. The first-order valence-corrected chi connectivity index (χ1v) is 7.83. The number of methoxy groups -OCH3 is 1. The Hall–Kier alpha value is -0.500.